The van der Waals surface area contributed by atoms with Gasteiger partial charge in [-0.05, 0) is 29.8 Å². The van der Waals surface area contributed by atoms with Crippen LogP contribution in [-0.2, 0) is 0 Å². The van der Waals surface area contributed by atoms with Gasteiger partial charge >= 0.3 is 5.76 Å². The third kappa shape index (κ3) is 2.48. The minimum atomic E-state index is -0.585. The van der Waals surface area contributed by atoms with Gasteiger partial charge in [-0.15, -0.1) is 0 Å². The normalized spacial score (nSPS) is 11.7. The smallest absolute Gasteiger partial charge is 0.417 e. The second-order valence-corrected chi connectivity index (χ2v) is 6.60. The first-order valence-corrected chi connectivity index (χ1v) is 8.22. The minimum Gasteiger partial charge on any atom is -0.456 e. The number of aromatic nitrogens is 1. The molecule has 126 valence electrons. The summed E-state index contributed by atoms with van der Waals surface area (Å²) in [6.07, 6.45) is 0. The second-order valence-electron chi connectivity index (χ2n) is 6.17. The molecular weight excluding hydrogens is 342 g/mol. The minimum absolute atomic E-state index is 0.0382. The molecule has 2 aromatic heterocycles. The molecule has 0 amide bonds. The number of halogens is 1. The summed E-state index contributed by atoms with van der Waals surface area (Å²) in [5.74, 6) is -0.0853. The van der Waals surface area contributed by atoms with Crippen LogP contribution in [0.15, 0.2) is 54.8 Å². The molecule has 5 nitrogen and oxygen atoms in total. The van der Waals surface area contributed by atoms with Gasteiger partial charge in [-0.1, -0.05) is 37.6 Å². The molecule has 0 fully saturated rings. The molecule has 0 aliphatic heterocycles. The Morgan fingerprint density at radius 1 is 0.960 bits per heavy atom. The standard InChI is InChI=1S/C19H14ClNO4/c1-9(2)16-14(10-3-5-11(20)6-4-10)15(22)12-7-8-13-18(17(12)24-16)25-19(23)21-13/h3-9H,1-2H3,(H,21,23). The summed E-state index contributed by atoms with van der Waals surface area (Å²) in [5, 5.41) is 0.959. The average Bonchev–Trinajstić information content (AvgIpc) is 2.96. The SMILES string of the molecule is CC(C)c1oc2c(ccc3[nH]c(=O)oc32)c(=O)c1-c1ccc(Cl)cc1. The Morgan fingerprint density at radius 2 is 1.68 bits per heavy atom. The number of aromatic amines is 1. The lowest BCUT2D eigenvalue weighted by Crippen LogP contribution is -2.10. The molecule has 25 heavy (non-hydrogen) atoms. The molecule has 0 bridgehead atoms. The van der Waals surface area contributed by atoms with Crippen LogP contribution in [0.4, 0.5) is 0 Å². The quantitative estimate of drug-likeness (QED) is 0.566. The van der Waals surface area contributed by atoms with Crippen LogP contribution < -0.4 is 11.2 Å². The Balaban J connectivity index is 2.16. The van der Waals surface area contributed by atoms with Gasteiger partial charge in [0.05, 0.1) is 16.5 Å². The van der Waals surface area contributed by atoms with E-state index in [9.17, 15) is 9.59 Å². The fraction of sp³-hybridized carbons (Fsp3) is 0.158. The highest BCUT2D eigenvalue weighted by Gasteiger charge is 2.21. The van der Waals surface area contributed by atoms with Gasteiger partial charge < -0.3 is 8.83 Å². The van der Waals surface area contributed by atoms with Crippen molar-refractivity contribution in [3.8, 4) is 11.1 Å². The van der Waals surface area contributed by atoms with Gasteiger partial charge in [0.15, 0.2) is 11.2 Å². The van der Waals surface area contributed by atoms with Crippen molar-refractivity contribution in [1.82, 2.24) is 4.98 Å². The summed E-state index contributed by atoms with van der Waals surface area (Å²) in [5.41, 5.74) is 2.09. The Bertz CT molecular complexity index is 1210. The number of nitrogens with one attached hydrogen (secondary N) is 1. The van der Waals surface area contributed by atoms with Gasteiger partial charge in [0.1, 0.15) is 5.76 Å². The predicted molar refractivity (Wildman–Crippen MR) is 97.4 cm³/mol. The zero-order chi connectivity index (χ0) is 17.7. The Labute approximate surface area is 146 Å². The van der Waals surface area contributed by atoms with Crippen LogP contribution in [0.1, 0.15) is 25.5 Å². The van der Waals surface area contributed by atoms with Crippen molar-refractivity contribution in [2.75, 3.05) is 0 Å². The molecule has 0 aliphatic carbocycles. The molecule has 4 aromatic rings. The van der Waals surface area contributed by atoms with E-state index in [0.717, 1.165) is 5.56 Å². The fourth-order valence-corrected chi connectivity index (χ4v) is 3.10. The lowest BCUT2D eigenvalue weighted by Gasteiger charge is -2.13. The molecule has 0 atom stereocenters. The summed E-state index contributed by atoms with van der Waals surface area (Å²) < 4.78 is 11.2. The molecule has 2 aromatic carbocycles. The number of hydrogen-bond acceptors (Lipinski definition) is 4. The highest BCUT2D eigenvalue weighted by Crippen LogP contribution is 2.32. The maximum Gasteiger partial charge on any atom is 0.417 e. The number of benzene rings is 2. The van der Waals surface area contributed by atoms with E-state index in [1.54, 1.807) is 36.4 Å². The average molecular weight is 356 g/mol. The molecule has 6 heteroatoms. The summed E-state index contributed by atoms with van der Waals surface area (Å²) >= 11 is 5.96. The van der Waals surface area contributed by atoms with Crippen molar-refractivity contribution in [1.29, 1.82) is 0 Å². The lowest BCUT2D eigenvalue weighted by molar-refractivity contribution is 0.499. The van der Waals surface area contributed by atoms with Gasteiger partial charge in [-0.2, -0.15) is 0 Å². The van der Waals surface area contributed by atoms with E-state index in [1.807, 2.05) is 13.8 Å². The largest absolute Gasteiger partial charge is 0.456 e. The van der Waals surface area contributed by atoms with Gasteiger partial charge in [0.25, 0.3) is 0 Å². The van der Waals surface area contributed by atoms with Gasteiger partial charge in [0.2, 0.25) is 5.43 Å². The highest BCUT2D eigenvalue weighted by molar-refractivity contribution is 6.30. The van der Waals surface area contributed by atoms with Crippen LogP contribution >= 0.6 is 11.6 Å². The van der Waals surface area contributed by atoms with E-state index in [-0.39, 0.29) is 22.5 Å². The molecule has 0 unspecified atom stereocenters. The Kier molecular flexibility index (Phi) is 3.54. The van der Waals surface area contributed by atoms with Crippen LogP contribution in [0.3, 0.4) is 0 Å². The first-order valence-electron chi connectivity index (χ1n) is 7.84. The zero-order valence-electron chi connectivity index (χ0n) is 13.6. The molecule has 2 heterocycles. The third-order valence-corrected chi connectivity index (χ3v) is 4.38. The molecular formula is C19H14ClNO4. The highest BCUT2D eigenvalue weighted by atomic mass is 35.5. The van der Waals surface area contributed by atoms with Crippen LogP contribution in [0, 0.1) is 0 Å². The van der Waals surface area contributed by atoms with E-state index >= 15 is 0 Å². The zero-order valence-corrected chi connectivity index (χ0v) is 14.3. The van der Waals surface area contributed by atoms with Crippen LogP contribution in [0.25, 0.3) is 33.2 Å². The number of hydrogen-bond donors (Lipinski definition) is 1. The van der Waals surface area contributed by atoms with Crippen molar-refractivity contribution < 1.29 is 8.83 Å². The molecule has 1 N–H and O–H groups in total. The summed E-state index contributed by atoms with van der Waals surface area (Å²) in [7, 11) is 0. The Hall–Kier alpha value is -2.79. The number of fused-ring (bicyclic) bond motifs is 3. The van der Waals surface area contributed by atoms with E-state index in [4.69, 9.17) is 20.4 Å². The monoisotopic (exact) mass is 355 g/mol. The van der Waals surface area contributed by atoms with Crippen molar-refractivity contribution in [2.45, 2.75) is 19.8 Å². The molecule has 0 radical (unpaired) electrons. The summed E-state index contributed by atoms with van der Waals surface area (Å²) in [6.45, 7) is 3.88. The third-order valence-electron chi connectivity index (χ3n) is 4.13. The predicted octanol–water partition coefficient (Wildman–Crippen LogP) is 4.67. The number of H-pyrrole nitrogens is 1. The van der Waals surface area contributed by atoms with Gasteiger partial charge in [-0.25, -0.2) is 4.79 Å². The first-order chi connectivity index (χ1) is 12.0. The maximum absolute atomic E-state index is 13.2. The van der Waals surface area contributed by atoms with Crippen LogP contribution in [-0.4, -0.2) is 4.98 Å². The van der Waals surface area contributed by atoms with Crippen molar-refractivity contribution in [3.05, 3.63) is 68.0 Å². The first kappa shape index (κ1) is 15.7. The van der Waals surface area contributed by atoms with Crippen molar-refractivity contribution >= 4 is 33.7 Å². The van der Waals surface area contributed by atoms with E-state index in [0.29, 0.717) is 27.2 Å². The van der Waals surface area contributed by atoms with Crippen LogP contribution in [0.5, 0.6) is 0 Å². The number of oxazole rings is 1. The lowest BCUT2D eigenvalue weighted by atomic mass is 9.97. The summed E-state index contributed by atoms with van der Waals surface area (Å²) in [6, 6.07) is 10.3. The van der Waals surface area contributed by atoms with Crippen molar-refractivity contribution in [3.63, 3.8) is 0 Å². The molecule has 0 spiro atoms. The van der Waals surface area contributed by atoms with Crippen LogP contribution in [0.2, 0.25) is 5.02 Å². The van der Waals surface area contributed by atoms with E-state index < -0.39 is 5.76 Å². The molecule has 0 saturated carbocycles. The van der Waals surface area contributed by atoms with Gasteiger partial charge in [-0.3, -0.25) is 9.78 Å². The van der Waals surface area contributed by atoms with Gasteiger partial charge in [0, 0.05) is 10.9 Å². The summed E-state index contributed by atoms with van der Waals surface area (Å²) in [4.78, 5) is 27.2. The number of rotatable bonds is 2. The topological polar surface area (TPSA) is 76.2 Å². The van der Waals surface area contributed by atoms with Crippen molar-refractivity contribution in [2.24, 2.45) is 0 Å². The second kappa shape index (κ2) is 5.63. The van der Waals surface area contributed by atoms with E-state index in [2.05, 4.69) is 4.98 Å². The molecule has 0 aliphatic rings. The van der Waals surface area contributed by atoms with E-state index in [1.165, 1.54) is 0 Å². The maximum atomic E-state index is 13.2. The Morgan fingerprint density at radius 3 is 2.36 bits per heavy atom. The molecule has 0 saturated heterocycles. The molecule has 4 rings (SSSR count). The fourth-order valence-electron chi connectivity index (χ4n) is 2.97.